The van der Waals surface area contributed by atoms with E-state index in [0.29, 0.717) is 5.75 Å². The van der Waals surface area contributed by atoms with E-state index in [9.17, 15) is 4.39 Å². The van der Waals surface area contributed by atoms with Crippen molar-refractivity contribution in [2.45, 2.75) is 26.0 Å². The Hall–Kier alpha value is -1.09. The molecule has 1 rings (SSSR count). The van der Waals surface area contributed by atoms with Crippen LogP contribution in [0.4, 0.5) is 4.39 Å². The molecule has 2 atom stereocenters. The Morgan fingerprint density at radius 1 is 1.23 bits per heavy atom. The van der Waals surface area contributed by atoms with E-state index >= 15 is 0 Å². The molecule has 2 unspecified atom stereocenters. The summed E-state index contributed by atoms with van der Waals surface area (Å²) in [6.45, 7) is 3.75. The predicted octanol–water partition coefficient (Wildman–Crippen LogP) is 1.94. The first-order valence-electron chi connectivity index (χ1n) is 4.27. The minimum absolute atomic E-state index is 0.0370. The van der Waals surface area contributed by atoms with Crippen LogP contribution in [0.1, 0.15) is 13.8 Å². The summed E-state index contributed by atoms with van der Waals surface area (Å²) in [4.78, 5) is 0. The van der Waals surface area contributed by atoms with Gasteiger partial charge in [-0.3, -0.25) is 0 Å². The summed E-state index contributed by atoms with van der Waals surface area (Å²) in [5, 5.41) is 0. The van der Waals surface area contributed by atoms with Crippen molar-refractivity contribution in [1.29, 1.82) is 0 Å². The second-order valence-corrected chi connectivity index (χ2v) is 3.14. The maximum Gasteiger partial charge on any atom is 0.123 e. The number of hydrogen-bond acceptors (Lipinski definition) is 2. The summed E-state index contributed by atoms with van der Waals surface area (Å²) in [5.41, 5.74) is 5.61. The first kappa shape index (κ1) is 9.99. The van der Waals surface area contributed by atoms with Crippen LogP contribution in [-0.2, 0) is 0 Å². The highest BCUT2D eigenvalue weighted by Gasteiger charge is 2.08. The number of hydrogen-bond donors (Lipinski definition) is 1. The zero-order chi connectivity index (χ0) is 9.84. The maximum atomic E-state index is 12.5. The molecule has 0 radical (unpaired) electrons. The lowest BCUT2D eigenvalue weighted by Crippen LogP contribution is -2.33. The van der Waals surface area contributed by atoms with Crippen molar-refractivity contribution in [2.24, 2.45) is 5.73 Å². The average Bonchev–Trinajstić information content (AvgIpc) is 2.08. The fourth-order valence-corrected chi connectivity index (χ4v) is 0.835. The zero-order valence-corrected chi connectivity index (χ0v) is 7.83. The fourth-order valence-electron chi connectivity index (χ4n) is 0.835. The molecule has 0 bridgehead atoms. The van der Waals surface area contributed by atoms with Gasteiger partial charge in [0.05, 0.1) is 0 Å². The van der Waals surface area contributed by atoms with Crippen LogP contribution in [0, 0.1) is 5.82 Å². The molecular formula is C10H14FNO. The molecule has 0 saturated carbocycles. The van der Waals surface area contributed by atoms with Crippen LogP contribution < -0.4 is 10.5 Å². The van der Waals surface area contributed by atoms with E-state index < -0.39 is 0 Å². The Labute approximate surface area is 77.5 Å². The van der Waals surface area contributed by atoms with Crippen LogP contribution >= 0.6 is 0 Å². The topological polar surface area (TPSA) is 35.2 Å². The third kappa shape index (κ3) is 3.03. The Morgan fingerprint density at radius 3 is 2.23 bits per heavy atom. The first-order valence-corrected chi connectivity index (χ1v) is 4.27. The van der Waals surface area contributed by atoms with Gasteiger partial charge >= 0.3 is 0 Å². The molecule has 72 valence electrons. The highest BCUT2D eigenvalue weighted by atomic mass is 19.1. The summed E-state index contributed by atoms with van der Waals surface area (Å²) in [7, 11) is 0. The third-order valence-electron chi connectivity index (χ3n) is 1.88. The van der Waals surface area contributed by atoms with Crippen LogP contribution in [0.3, 0.4) is 0 Å². The molecule has 0 amide bonds. The van der Waals surface area contributed by atoms with Gasteiger partial charge in [0.15, 0.2) is 0 Å². The summed E-state index contributed by atoms with van der Waals surface area (Å²) >= 11 is 0. The number of nitrogens with two attached hydrogens (primary N) is 1. The second-order valence-electron chi connectivity index (χ2n) is 3.14. The normalized spacial score (nSPS) is 15.1. The third-order valence-corrected chi connectivity index (χ3v) is 1.88. The Balaban J connectivity index is 2.59. The molecule has 0 aromatic heterocycles. The van der Waals surface area contributed by atoms with Gasteiger partial charge in [0.2, 0.25) is 0 Å². The number of ether oxygens (including phenoxy) is 1. The van der Waals surface area contributed by atoms with E-state index in [4.69, 9.17) is 10.5 Å². The molecule has 0 aliphatic heterocycles. The van der Waals surface area contributed by atoms with Gasteiger partial charge in [-0.25, -0.2) is 4.39 Å². The van der Waals surface area contributed by atoms with Crippen LogP contribution in [0.25, 0.3) is 0 Å². The first-order chi connectivity index (χ1) is 6.09. The molecule has 0 fully saturated rings. The molecule has 0 heterocycles. The summed E-state index contributed by atoms with van der Waals surface area (Å²) in [5.74, 6) is 0.381. The van der Waals surface area contributed by atoms with Gasteiger partial charge in [-0.05, 0) is 38.1 Å². The monoisotopic (exact) mass is 183 g/mol. The molecule has 13 heavy (non-hydrogen) atoms. The predicted molar refractivity (Wildman–Crippen MR) is 50.1 cm³/mol. The van der Waals surface area contributed by atoms with Crippen molar-refractivity contribution in [3.63, 3.8) is 0 Å². The zero-order valence-electron chi connectivity index (χ0n) is 7.83. The highest BCUT2D eigenvalue weighted by Crippen LogP contribution is 2.13. The van der Waals surface area contributed by atoms with Crippen molar-refractivity contribution in [1.82, 2.24) is 0 Å². The number of benzene rings is 1. The molecule has 2 N–H and O–H groups in total. The Morgan fingerprint density at radius 2 is 1.77 bits per heavy atom. The van der Waals surface area contributed by atoms with Crippen molar-refractivity contribution in [3.05, 3.63) is 30.1 Å². The quantitative estimate of drug-likeness (QED) is 0.777. The molecule has 0 aliphatic carbocycles. The van der Waals surface area contributed by atoms with E-state index in [2.05, 4.69) is 0 Å². The lowest BCUT2D eigenvalue weighted by molar-refractivity contribution is 0.196. The molecule has 0 spiro atoms. The molecule has 3 heteroatoms. The van der Waals surface area contributed by atoms with Crippen molar-refractivity contribution >= 4 is 0 Å². The standard InChI is InChI=1S/C10H14FNO/c1-7(12)8(2)13-10-5-3-9(11)4-6-10/h3-8H,12H2,1-2H3. The van der Waals surface area contributed by atoms with Gasteiger partial charge in [-0.1, -0.05) is 0 Å². The SMILES string of the molecule is CC(N)C(C)Oc1ccc(F)cc1. The van der Waals surface area contributed by atoms with Crippen molar-refractivity contribution in [3.8, 4) is 5.75 Å². The van der Waals surface area contributed by atoms with Gasteiger partial charge in [-0.15, -0.1) is 0 Å². The van der Waals surface area contributed by atoms with Gasteiger partial charge in [-0.2, -0.15) is 0 Å². The molecule has 1 aromatic carbocycles. The fraction of sp³-hybridized carbons (Fsp3) is 0.400. The van der Waals surface area contributed by atoms with Crippen LogP contribution in [-0.4, -0.2) is 12.1 Å². The molecule has 1 aromatic rings. The van der Waals surface area contributed by atoms with Crippen molar-refractivity contribution < 1.29 is 9.13 Å². The second kappa shape index (κ2) is 4.23. The smallest absolute Gasteiger partial charge is 0.123 e. The minimum atomic E-state index is -0.263. The van der Waals surface area contributed by atoms with Crippen LogP contribution in [0.15, 0.2) is 24.3 Å². The number of rotatable bonds is 3. The average molecular weight is 183 g/mol. The van der Waals surface area contributed by atoms with E-state index in [1.165, 1.54) is 12.1 Å². The van der Waals surface area contributed by atoms with Crippen LogP contribution in [0.2, 0.25) is 0 Å². The maximum absolute atomic E-state index is 12.5. The van der Waals surface area contributed by atoms with Gasteiger partial charge in [0.25, 0.3) is 0 Å². The Kier molecular flexibility index (Phi) is 3.25. The largest absolute Gasteiger partial charge is 0.489 e. The van der Waals surface area contributed by atoms with E-state index in [1.807, 2.05) is 13.8 Å². The summed E-state index contributed by atoms with van der Waals surface area (Å²) in [6.07, 6.45) is -0.0644. The van der Waals surface area contributed by atoms with Crippen molar-refractivity contribution in [2.75, 3.05) is 0 Å². The summed E-state index contributed by atoms with van der Waals surface area (Å²) < 4.78 is 17.9. The van der Waals surface area contributed by atoms with E-state index in [1.54, 1.807) is 12.1 Å². The van der Waals surface area contributed by atoms with Crippen LogP contribution in [0.5, 0.6) is 5.75 Å². The Bertz CT molecular complexity index is 258. The molecule has 2 nitrogen and oxygen atoms in total. The van der Waals surface area contributed by atoms with Gasteiger partial charge in [0, 0.05) is 6.04 Å². The van der Waals surface area contributed by atoms with E-state index in [0.717, 1.165) is 0 Å². The minimum Gasteiger partial charge on any atom is -0.489 e. The number of halogens is 1. The lowest BCUT2D eigenvalue weighted by atomic mass is 10.2. The lowest BCUT2D eigenvalue weighted by Gasteiger charge is -2.17. The molecule has 0 aliphatic rings. The molecular weight excluding hydrogens is 169 g/mol. The van der Waals surface area contributed by atoms with E-state index in [-0.39, 0.29) is 18.0 Å². The summed E-state index contributed by atoms with van der Waals surface area (Å²) in [6, 6.07) is 5.87. The highest BCUT2D eigenvalue weighted by molar-refractivity contribution is 5.22. The molecule has 0 saturated heterocycles. The van der Waals surface area contributed by atoms with Gasteiger partial charge < -0.3 is 10.5 Å². The van der Waals surface area contributed by atoms with Gasteiger partial charge in [0.1, 0.15) is 17.7 Å².